The molecule has 3 heteroatoms. The third-order valence-corrected chi connectivity index (χ3v) is 4.50. The van der Waals surface area contributed by atoms with Crippen molar-refractivity contribution < 1.29 is 9.53 Å². The van der Waals surface area contributed by atoms with Crippen molar-refractivity contribution in [1.82, 2.24) is 0 Å². The zero-order valence-corrected chi connectivity index (χ0v) is 15.4. The van der Waals surface area contributed by atoms with E-state index >= 15 is 0 Å². The Hall–Kier alpha value is -2.58. The summed E-state index contributed by atoms with van der Waals surface area (Å²) in [7, 11) is 0. The van der Waals surface area contributed by atoms with Gasteiger partial charge in [-0.1, -0.05) is 78.4 Å². The van der Waals surface area contributed by atoms with E-state index in [9.17, 15) is 4.79 Å². The fourth-order valence-electron chi connectivity index (χ4n) is 3.06. The Morgan fingerprint density at radius 3 is 2.27 bits per heavy atom. The van der Waals surface area contributed by atoms with Gasteiger partial charge in [0, 0.05) is 17.9 Å². The molecule has 0 aliphatic carbocycles. The molecule has 0 aliphatic rings. The standard InChI is InChI=1S/C23H21ClO2/c1-17-12-13-22(26-16-18-8-4-2-5-9-18)21(14-17)20(15-23(24)25)19-10-6-3-7-11-19/h2-14,20H,15-16H2,1H3/t20-/m1/s1. The Bertz CT molecular complexity index is 860. The first-order valence-electron chi connectivity index (χ1n) is 8.64. The molecule has 3 aromatic carbocycles. The van der Waals surface area contributed by atoms with Gasteiger partial charge in [-0.2, -0.15) is 0 Å². The molecule has 0 saturated heterocycles. The highest BCUT2D eigenvalue weighted by atomic mass is 35.5. The van der Waals surface area contributed by atoms with Crippen LogP contribution in [0.25, 0.3) is 0 Å². The normalized spacial score (nSPS) is 11.8. The SMILES string of the molecule is Cc1ccc(OCc2ccccc2)c([C@H](CC(=O)Cl)c2ccccc2)c1. The Balaban J connectivity index is 1.95. The average Bonchev–Trinajstić information content (AvgIpc) is 2.66. The Kier molecular flexibility index (Phi) is 6.08. The number of carbonyl (C=O) groups is 1. The van der Waals surface area contributed by atoms with Gasteiger partial charge in [-0.05, 0) is 35.7 Å². The first-order chi connectivity index (χ1) is 12.6. The molecule has 1 atom stereocenters. The third-order valence-electron chi connectivity index (χ3n) is 4.34. The molecule has 132 valence electrons. The zero-order valence-electron chi connectivity index (χ0n) is 14.7. The number of ether oxygens (including phenoxy) is 1. The van der Waals surface area contributed by atoms with Crippen LogP contribution in [0.5, 0.6) is 5.75 Å². The van der Waals surface area contributed by atoms with E-state index < -0.39 is 0 Å². The van der Waals surface area contributed by atoms with Gasteiger partial charge in [0.1, 0.15) is 12.4 Å². The number of aryl methyl sites for hydroxylation is 1. The van der Waals surface area contributed by atoms with Gasteiger partial charge in [0.05, 0.1) is 0 Å². The monoisotopic (exact) mass is 364 g/mol. The highest BCUT2D eigenvalue weighted by Gasteiger charge is 2.21. The fourth-order valence-corrected chi connectivity index (χ4v) is 3.21. The van der Waals surface area contributed by atoms with E-state index in [2.05, 4.69) is 6.07 Å². The quantitative estimate of drug-likeness (QED) is 0.491. The van der Waals surface area contributed by atoms with E-state index in [1.807, 2.05) is 79.7 Å². The molecule has 0 fully saturated rings. The average molecular weight is 365 g/mol. The van der Waals surface area contributed by atoms with Crippen molar-refractivity contribution >= 4 is 16.8 Å². The third kappa shape index (κ3) is 4.74. The number of hydrogen-bond donors (Lipinski definition) is 0. The van der Waals surface area contributed by atoms with E-state index in [1.165, 1.54) is 0 Å². The van der Waals surface area contributed by atoms with Crippen LogP contribution in [-0.2, 0) is 11.4 Å². The minimum absolute atomic E-state index is 0.133. The molecular formula is C23H21ClO2. The summed E-state index contributed by atoms with van der Waals surface area (Å²) < 4.78 is 6.11. The summed E-state index contributed by atoms with van der Waals surface area (Å²) in [6.45, 7) is 2.52. The predicted octanol–water partition coefficient (Wildman–Crippen LogP) is 5.86. The van der Waals surface area contributed by atoms with Gasteiger partial charge in [0.25, 0.3) is 0 Å². The zero-order chi connectivity index (χ0) is 18.4. The molecule has 3 aromatic rings. The van der Waals surface area contributed by atoms with E-state index in [4.69, 9.17) is 16.3 Å². The summed E-state index contributed by atoms with van der Waals surface area (Å²) in [6.07, 6.45) is 0.233. The highest BCUT2D eigenvalue weighted by molar-refractivity contribution is 6.63. The lowest BCUT2D eigenvalue weighted by Crippen LogP contribution is -2.08. The molecule has 26 heavy (non-hydrogen) atoms. The number of benzene rings is 3. The number of carbonyl (C=O) groups excluding carboxylic acids is 1. The number of hydrogen-bond acceptors (Lipinski definition) is 2. The van der Waals surface area contributed by atoms with Crippen LogP contribution in [0.3, 0.4) is 0 Å². The molecule has 0 aliphatic heterocycles. The summed E-state index contributed by atoms with van der Waals surface area (Å²) in [5, 5.41) is -0.352. The topological polar surface area (TPSA) is 26.3 Å². The number of halogens is 1. The first-order valence-corrected chi connectivity index (χ1v) is 9.02. The lowest BCUT2D eigenvalue weighted by molar-refractivity contribution is -0.111. The second-order valence-electron chi connectivity index (χ2n) is 6.34. The van der Waals surface area contributed by atoms with Crippen molar-refractivity contribution in [3.63, 3.8) is 0 Å². The summed E-state index contributed by atoms with van der Waals surface area (Å²) in [4.78, 5) is 11.7. The molecule has 0 unspecified atom stereocenters. The van der Waals surface area contributed by atoms with Gasteiger partial charge in [-0.3, -0.25) is 4.79 Å². The molecule has 3 rings (SSSR count). The van der Waals surface area contributed by atoms with E-state index in [0.717, 1.165) is 28.0 Å². The maximum atomic E-state index is 11.7. The van der Waals surface area contributed by atoms with Crippen LogP contribution < -0.4 is 4.74 Å². The van der Waals surface area contributed by atoms with Crippen LogP contribution in [0.15, 0.2) is 78.9 Å². The second kappa shape index (κ2) is 8.68. The molecule has 0 bridgehead atoms. The van der Waals surface area contributed by atoms with Crippen LogP contribution in [0, 0.1) is 6.92 Å². The summed E-state index contributed by atoms with van der Waals surface area (Å²) >= 11 is 5.76. The van der Waals surface area contributed by atoms with E-state index in [-0.39, 0.29) is 17.6 Å². The van der Waals surface area contributed by atoms with E-state index in [1.54, 1.807) is 0 Å². The van der Waals surface area contributed by atoms with Gasteiger partial charge < -0.3 is 4.74 Å². The van der Waals surface area contributed by atoms with Gasteiger partial charge >= 0.3 is 0 Å². The van der Waals surface area contributed by atoms with Gasteiger partial charge in [0.15, 0.2) is 0 Å². The van der Waals surface area contributed by atoms with E-state index in [0.29, 0.717) is 6.61 Å². The molecule has 2 nitrogen and oxygen atoms in total. The smallest absolute Gasteiger partial charge is 0.222 e. The minimum Gasteiger partial charge on any atom is -0.489 e. The Labute approximate surface area is 159 Å². The molecule has 0 heterocycles. The maximum Gasteiger partial charge on any atom is 0.222 e. The second-order valence-corrected chi connectivity index (χ2v) is 6.76. The van der Waals surface area contributed by atoms with Crippen LogP contribution in [0.4, 0.5) is 0 Å². The summed E-state index contributed by atoms with van der Waals surface area (Å²) in [5.41, 5.74) is 4.26. The molecule has 0 saturated carbocycles. The van der Waals surface area contributed by atoms with Crippen molar-refractivity contribution in [3.05, 3.63) is 101 Å². The molecule has 0 amide bonds. The summed E-state index contributed by atoms with van der Waals surface area (Å²) in [5.74, 6) is 0.651. The lowest BCUT2D eigenvalue weighted by Gasteiger charge is -2.21. The van der Waals surface area contributed by atoms with Crippen molar-refractivity contribution in [2.24, 2.45) is 0 Å². The van der Waals surface area contributed by atoms with Crippen molar-refractivity contribution in [1.29, 1.82) is 0 Å². The first kappa shape index (κ1) is 18.2. The Morgan fingerprint density at radius 2 is 1.62 bits per heavy atom. The van der Waals surface area contributed by atoms with Crippen molar-refractivity contribution in [2.45, 2.75) is 25.9 Å². The van der Waals surface area contributed by atoms with Crippen LogP contribution in [0.1, 0.15) is 34.6 Å². The number of rotatable bonds is 7. The molecule has 0 radical (unpaired) electrons. The van der Waals surface area contributed by atoms with Crippen LogP contribution >= 0.6 is 11.6 Å². The fraction of sp³-hybridized carbons (Fsp3) is 0.174. The minimum atomic E-state index is -0.352. The van der Waals surface area contributed by atoms with Gasteiger partial charge in [-0.15, -0.1) is 0 Å². The largest absolute Gasteiger partial charge is 0.489 e. The van der Waals surface area contributed by atoms with Crippen LogP contribution in [-0.4, -0.2) is 5.24 Å². The van der Waals surface area contributed by atoms with Crippen molar-refractivity contribution in [3.8, 4) is 5.75 Å². The Morgan fingerprint density at radius 1 is 0.962 bits per heavy atom. The van der Waals surface area contributed by atoms with Crippen molar-refractivity contribution in [2.75, 3.05) is 0 Å². The highest BCUT2D eigenvalue weighted by Crippen LogP contribution is 2.36. The molecule has 0 N–H and O–H groups in total. The van der Waals surface area contributed by atoms with Crippen LogP contribution in [0.2, 0.25) is 0 Å². The van der Waals surface area contributed by atoms with Gasteiger partial charge in [-0.25, -0.2) is 0 Å². The predicted molar refractivity (Wildman–Crippen MR) is 106 cm³/mol. The molecule has 0 aromatic heterocycles. The molecular weight excluding hydrogens is 344 g/mol. The van der Waals surface area contributed by atoms with Gasteiger partial charge in [0.2, 0.25) is 5.24 Å². The maximum absolute atomic E-state index is 11.7. The lowest BCUT2D eigenvalue weighted by atomic mass is 9.87. The summed E-state index contributed by atoms with van der Waals surface area (Å²) in [6, 6.07) is 26.1. The molecule has 0 spiro atoms.